The SMILES string of the molecule is CC[C@H](C)[C@H](NC(=O)[C@H](CCCN=C(N)N)NC(=O)[C@H](C)NC(=O)[C@@H](N)CC(=O)O)C(=O)N[C@@H](Cc1c[nH]c2ccccc12)C(=O)N[C@@H](Cc1c[nH]c2ccccc12)C(=O)N[C@H](C(=O)O)C(C)C. The van der Waals surface area contributed by atoms with Crippen molar-refractivity contribution in [2.24, 2.45) is 34.0 Å². The Morgan fingerprint density at radius 2 is 1.12 bits per heavy atom. The first kappa shape index (κ1) is 53.1. The molecule has 0 bridgehead atoms. The fraction of sp³-hybridized carbons (Fsp3) is 0.457. The molecule has 368 valence electrons. The number of aromatic amines is 2. The van der Waals surface area contributed by atoms with E-state index in [0.717, 1.165) is 21.8 Å². The molecule has 2 aromatic carbocycles. The third kappa shape index (κ3) is 15.0. The molecule has 0 saturated carbocycles. The van der Waals surface area contributed by atoms with E-state index in [1.165, 1.54) is 6.92 Å². The number of H-pyrrole nitrogens is 2. The van der Waals surface area contributed by atoms with Crippen LogP contribution in [0.3, 0.4) is 0 Å². The highest BCUT2D eigenvalue weighted by Crippen LogP contribution is 2.22. The van der Waals surface area contributed by atoms with E-state index in [1.807, 2.05) is 48.5 Å². The topological polar surface area (TPSA) is 371 Å². The van der Waals surface area contributed by atoms with Crippen LogP contribution in [0.25, 0.3) is 21.8 Å². The van der Waals surface area contributed by atoms with Gasteiger partial charge in [0.15, 0.2) is 5.96 Å². The average Bonchev–Trinajstić information content (AvgIpc) is 3.90. The quantitative estimate of drug-likeness (QED) is 0.0224. The van der Waals surface area contributed by atoms with Gasteiger partial charge in [-0.05, 0) is 54.9 Å². The van der Waals surface area contributed by atoms with Crippen molar-refractivity contribution in [3.63, 3.8) is 0 Å². The summed E-state index contributed by atoms with van der Waals surface area (Å²) in [6.07, 6.45) is 3.08. The number of nitrogens with two attached hydrogens (primary N) is 3. The van der Waals surface area contributed by atoms with Crippen molar-refractivity contribution in [3.8, 4) is 0 Å². The number of hydrogen-bond donors (Lipinski definition) is 13. The van der Waals surface area contributed by atoms with Crippen molar-refractivity contribution in [1.29, 1.82) is 0 Å². The molecule has 4 aromatic rings. The molecule has 16 N–H and O–H groups in total. The highest BCUT2D eigenvalue weighted by molar-refractivity contribution is 5.98. The number of carboxylic acid groups (broad SMARTS) is 2. The predicted molar refractivity (Wildman–Crippen MR) is 253 cm³/mol. The third-order valence-electron chi connectivity index (χ3n) is 11.5. The summed E-state index contributed by atoms with van der Waals surface area (Å²) < 4.78 is 0. The molecular weight excluding hydrogens is 881 g/mol. The van der Waals surface area contributed by atoms with E-state index in [4.69, 9.17) is 22.3 Å². The first-order valence-electron chi connectivity index (χ1n) is 22.4. The number of fused-ring (bicyclic) bond motifs is 2. The normalized spacial score (nSPS) is 14.8. The van der Waals surface area contributed by atoms with E-state index in [-0.39, 0.29) is 38.2 Å². The molecule has 22 nitrogen and oxygen atoms in total. The number of nitrogens with zero attached hydrogens (tertiary/aromatic N) is 1. The van der Waals surface area contributed by atoms with E-state index in [0.29, 0.717) is 17.5 Å². The van der Waals surface area contributed by atoms with Crippen molar-refractivity contribution in [1.82, 2.24) is 41.9 Å². The summed E-state index contributed by atoms with van der Waals surface area (Å²) in [7, 11) is 0. The van der Waals surface area contributed by atoms with Crippen LogP contribution in [0.5, 0.6) is 0 Å². The summed E-state index contributed by atoms with van der Waals surface area (Å²) in [5.41, 5.74) is 19.4. The van der Waals surface area contributed by atoms with Crippen LogP contribution in [0.1, 0.15) is 71.4 Å². The first-order chi connectivity index (χ1) is 32.2. The fourth-order valence-electron chi connectivity index (χ4n) is 7.45. The fourth-order valence-corrected chi connectivity index (χ4v) is 7.45. The number of rotatable bonds is 26. The van der Waals surface area contributed by atoms with Crippen molar-refractivity contribution in [2.75, 3.05) is 6.54 Å². The standard InChI is InChI=1S/C46H64N12O10/c1-6-24(4)38(58-41(63)33(16-11-17-50-46(48)49)54-39(61)25(5)53-40(62)30(47)20-36(59)60)44(66)56-34(18-26-21-51-31-14-9-7-12-28(26)31)42(64)55-35(43(65)57-37(23(2)3)45(67)68)19-27-22-52-32-15-10-8-13-29(27)32/h7-10,12-15,21-25,30,33-35,37-38,51-52H,6,11,16-20,47H2,1-5H3,(H,53,62)(H,54,61)(H,55,64)(H,56,66)(H,57,65)(H,58,63)(H,59,60)(H,67,68)(H4,48,49,50)/t24-,25-,30-,33-,34-,35-,37-,38-/m0/s1. The molecule has 0 radical (unpaired) electrons. The zero-order chi connectivity index (χ0) is 50.2. The third-order valence-corrected chi connectivity index (χ3v) is 11.5. The Morgan fingerprint density at radius 3 is 1.62 bits per heavy atom. The van der Waals surface area contributed by atoms with Gasteiger partial charge in [0.05, 0.1) is 12.5 Å². The van der Waals surface area contributed by atoms with Crippen LogP contribution in [0.4, 0.5) is 0 Å². The highest BCUT2D eigenvalue weighted by atomic mass is 16.4. The monoisotopic (exact) mass is 944 g/mol. The lowest BCUT2D eigenvalue weighted by Crippen LogP contribution is -2.61. The highest BCUT2D eigenvalue weighted by Gasteiger charge is 2.36. The molecule has 0 aliphatic carbocycles. The van der Waals surface area contributed by atoms with Gasteiger partial charge in [-0.15, -0.1) is 0 Å². The number of guanidine groups is 1. The van der Waals surface area contributed by atoms with Crippen LogP contribution in [0, 0.1) is 11.8 Å². The molecule has 0 spiro atoms. The molecule has 0 fully saturated rings. The van der Waals surface area contributed by atoms with E-state index in [2.05, 4.69) is 46.9 Å². The summed E-state index contributed by atoms with van der Waals surface area (Å²) in [6, 6.07) is 5.37. The van der Waals surface area contributed by atoms with Gasteiger partial charge in [0, 0.05) is 53.6 Å². The van der Waals surface area contributed by atoms with Gasteiger partial charge in [-0.3, -0.25) is 38.6 Å². The number of aromatic nitrogens is 2. The van der Waals surface area contributed by atoms with Gasteiger partial charge in [-0.1, -0.05) is 70.5 Å². The molecule has 2 aromatic heterocycles. The van der Waals surface area contributed by atoms with Crippen LogP contribution >= 0.6 is 0 Å². The molecule has 4 rings (SSSR count). The van der Waals surface area contributed by atoms with Gasteiger partial charge in [0.2, 0.25) is 35.4 Å². The number of para-hydroxylation sites is 2. The second-order valence-corrected chi connectivity index (χ2v) is 17.1. The number of benzene rings is 2. The van der Waals surface area contributed by atoms with Crippen LogP contribution in [0.2, 0.25) is 0 Å². The van der Waals surface area contributed by atoms with Crippen molar-refractivity contribution in [3.05, 3.63) is 72.1 Å². The van der Waals surface area contributed by atoms with Gasteiger partial charge >= 0.3 is 11.9 Å². The Labute approximate surface area is 392 Å². The zero-order valence-electron chi connectivity index (χ0n) is 38.8. The van der Waals surface area contributed by atoms with Crippen LogP contribution in [-0.4, -0.2) is 122 Å². The van der Waals surface area contributed by atoms with Gasteiger partial charge < -0.3 is 69.3 Å². The summed E-state index contributed by atoms with van der Waals surface area (Å²) >= 11 is 0. The van der Waals surface area contributed by atoms with E-state index in [1.54, 1.807) is 40.1 Å². The van der Waals surface area contributed by atoms with E-state index >= 15 is 0 Å². The molecule has 0 unspecified atom stereocenters. The average molecular weight is 945 g/mol. The Morgan fingerprint density at radius 1 is 0.632 bits per heavy atom. The number of hydrogen-bond acceptors (Lipinski definition) is 10. The lowest BCUT2D eigenvalue weighted by molar-refractivity contribution is -0.143. The number of aliphatic imine (C=N–C) groups is 1. The number of nitrogens with one attached hydrogen (secondary N) is 8. The lowest BCUT2D eigenvalue weighted by atomic mass is 9.96. The minimum Gasteiger partial charge on any atom is -0.481 e. The Bertz CT molecular complexity index is 2460. The van der Waals surface area contributed by atoms with Crippen molar-refractivity contribution >= 4 is 75.1 Å². The molecular formula is C46H64N12O10. The minimum atomic E-state index is -1.45. The predicted octanol–water partition coefficient (Wildman–Crippen LogP) is 0.00540. The lowest BCUT2D eigenvalue weighted by Gasteiger charge is -2.29. The molecule has 22 heteroatoms. The maximum atomic E-state index is 14.7. The second kappa shape index (κ2) is 24.9. The Kier molecular flexibility index (Phi) is 19.4. The summed E-state index contributed by atoms with van der Waals surface area (Å²) in [4.78, 5) is 117. The number of carbonyl (C=O) groups excluding carboxylic acids is 6. The molecule has 0 aliphatic rings. The smallest absolute Gasteiger partial charge is 0.326 e. The molecule has 8 atom stereocenters. The first-order valence-corrected chi connectivity index (χ1v) is 22.4. The molecule has 0 saturated heterocycles. The largest absolute Gasteiger partial charge is 0.481 e. The summed E-state index contributed by atoms with van der Waals surface area (Å²) in [5, 5.41) is 36.3. The minimum absolute atomic E-state index is 0.0343. The number of aliphatic carboxylic acids is 2. The molecule has 68 heavy (non-hydrogen) atoms. The van der Waals surface area contributed by atoms with Crippen LogP contribution in [0.15, 0.2) is 65.9 Å². The van der Waals surface area contributed by atoms with Crippen LogP contribution in [-0.2, 0) is 51.2 Å². The Balaban J connectivity index is 1.66. The van der Waals surface area contributed by atoms with Crippen LogP contribution < -0.4 is 49.1 Å². The maximum Gasteiger partial charge on any atom is 0.326 e. The number of carboxylic acids is 2. The molecule has 2 heterocycles. The number of amides is 6. The summed E-state index contributed by atoms with van der Waals surface area (Å²) in [5.74, 6) is -8.68. The van der Waals surface area contributed by atoms with Gasteiger partial charge in [0.1, 0.15) is 36.3 Å². The number of carbonyl (C=O) groups is 8. The Hall–Kier alpha value is -7.49. The van der Waals surface area contributed by atoms with E-state index < -0.39 is 108 Å². The van der Waals surface area contributed by atoms with Crippen molar-refractivity contribution in [2.45, 2.75) is 115 Å². The zero-order valence-corrected chi connectivity index (χ0v) is 38.8. The molecule has 0 aliphatic heterocycles. The summed E-state index contributed by atoms with van der Waals surface area (Å²) in [6.45, 7) is 8.16. The van der Waals surface area contributed by atoms with Gasteiger partial charge in [-0.25, -0.2) is 4.79 Å². The second-order valence-electron chi connectivity index (χ2n) is 17.1. The molecule has 6 amide bonds. The van der Waals surface area contributed by atoms with Gasteiger partial charge in [-0.2, -0.15) is 0 Å². The van der Waals surface area contributed by atoms with E-state index in [9.17, 15) is 43.5 Å². The van der Waals surface area contributed by atoms with Crippen molar-refractivity contribution < 1.29 is 48.6 Å². The maximum absolute atomic E-state index is 14.7. The van der Waals surface area contributed by atoms with Gasteiger partial charge in [0.25, 0.3) is 0 Å².